The van der Waals surface area contributed by atoms with E-state index in [-0.39, 0.29) is 0 Å². The van der Waals surface area contributed by atoms with Gasteiger partial charge in [0.1, 0.15) is 5.84 Å². The molecule has 4 aliphatic rings. The highest BCUT2D eigenvalue weighted by Gasteiger charge is 2.30. The molecule has 0 heterocycles. The van der Waals surface area contributed by atoms with Crippen LogP contribution in [-0.4, -0.2) is 12.6 Å². The number of rotatable bonds is 7. The van der Waals surface area contributed by atoms with Gasteiger partial charge >= 0.3 is 0 Å². The number of aliphatic imine (C=N–C) groups is 1. The molecule has 4 aliphatic carbocycles. The summed E-state index contributed by atoms with van der Waals surface area (Å²) >= 11 is 0. The van der Waals surface area contributed by atoms with Gasteiger partial charge < -0.3 is 0 Å². The summed E-state index contributed by atoms with van der Waals surface area (Å²) in [5.41, 5.74) is 20.1. The molecule has 0 spiro atoms. The fourth-order valence-electron chi connectivity index (χ4n) is 7.88. The molecule has 2 atom stereocenters. The molecule has 0 bridgehead atoms. The van der Waals surface area contributed by atoms with Crippen molar-refractivity contribution in [2.75, 3.05) is 0 Å². The highest BCUT2D eigenvalue weighted by atomic mass is 15.3. The van der Waals surface area contributed by atoms with Crippen LogP contribution in [0.3, 0.4) is 0 Å². The second-order valence-corrected chi connectivity index (χ2v) is 13.8. The molecular weight excluding hydrogens is 667 g/mol. The first-order valence-electron chi connectivity index (χ1n) is 19.6. The summed E-state index contributed by atoms with van der Waals surface area (Å²) in [6.45, 7) is 14.5. The van der Waals surface area contributed by atoms with Crippen LogP contribution in [-0.2, 0) is 19.4 Å². The third-order valence-electron chi connectivity index (χ3n) is 10.4. The normalized spacial score (nSPS) is 17.4. The van der Waals surface area contributed by atoms with Crippen molar-refractivity contribution in [1.82, 2.24) is 5.43 Å². The van der Waals surface area contributed by atoms with Crippen molar-refractivity contribution in [3.8, 4) is 24.0 Å². The van der Waals surface area contributed by atoms with E-state index in [4.69, 9.17) is 4.99 Å². The topological polar surface area (TPSA) is 36.8 Å². The summed E-state index contributed by atoms with van der Waals surface area (Å²) in [6, 6.07) is 30.9. The molecule has 0 radical (unpaired) electrons. The molecule has 278 valence electrons. The number of terminal acetylenes is 1. The number of allylic oxidation sites excluding steroid dienone is 12. The molecule has 3 heteroatoms. The first-order chi connectivity index (χ1) is 27.0. The largest absolute Gasteiger partial charge is 0.262 e. The van der Waals surface area contributed by atoms with Crippen molar-refractivity contribution in [1.29, 1.82) is 0 Å². The quantitative estimate of drug-likeness (QED) is 0.0587. The fourth-order valence-corrected chi connectivity index (χ4v) is 7.88. The minimum Gasteiger partial charge on any atom is -0.262 e. The lowest BCUT2D eigenvalue weighted by atomic mass is 9.87. The molecule has 0 fully saturated rings. The van der Waals surface area contributed by atoms with Gasteiger partial charge in [0.25, 0.3) is 0 Å². The van der Waals surface area contributed by atoms with Crippen LogP contribution in [0.2, 0.25) is 0 Å². The maximum Gasteiger partial charge on any atom is 0.149 e. The summed E-state index contributed by atoms with van der Waals surface area (Å²) < 4.78 is 0. The fraction of sp³-hybridized carbons (Fsp3) is 0.231. The van der Waals surface area contributed by atoms with Crippen molar-refractivity contribution in [3.63, 3.8) is 0 Å². The number of hydrazone groups is 1. The average Bonchev–Trinajstić information content (AvgIpc) is 3.80. The molecule has 3 nitrogen and oxygen atoms in total. The van der Waals surface area contributed by atoms with Gasteiger partial charge in [-0.1, -0.05) is 147 Å². The Balaban J connectivity index is 0.000000266. The molecule has 55 heavy (non-hydrogen) atoms. The van der Waals surface area contributed by atoms with Crippen molar-refractivity contribution in [2.24, 2.45) is 16.0 Å². The molecule has 0 saturated heterocycles. The van der Waals surface area contributed by atoms with Gasteiger partial charge in [-0.05, 0) is 126 Å². The second kappa shape index (κ2) is 19.9. The van der Waals surface area contributed by atoms with Crippen LogP contribution in [0.5, 0.6) is 0 Å². The maximum absolute atomic E-state index is 4.90. The number of nitrogens with one attached hydrogen (secondary N) is 1. The summed E-state index contributed by atoms with van der Waals surface area (Å²) in [6.07, 6.45) is 32.6. The summed E-state index contributed by atoms with van der Waals surface area (Å²) in [5, 5.41) is 3.92. The Hall–Kier alpha value is -5.98. The highest BCUT2D eigenvalue weighted by Crippen LogP contribution is 2.42. The van der Waals surface area contributed by atoms with E-state index >= 15 is 0 Å². The third-order valence-corrected chi connectivity index (χ3v) is 10.4. The van der Waals surface area contributed by atoms with E-state index in [0.717, 1.165) is 42.1 Å². The van der Waals surface area contributed by atoms with E-state index in [1.54, 1.807) is 0 Å². The van der Waals surface area contributed by atoms with Gasteiger partial charge in [-0.3, -0.25) is 10.4 Å². The van der Waals surface area contributed by atoms with E-state index in [1.807, 2.05) is 20.8 Å². The zero-order valence-electron chi connectivity index (χ0n) is 33.2. The number of hydrogen-bond donors (Lipinski definition) is 1. The Kier molecular flexibility index (Phi) is 14.6. The Morgan fingerprint density at radius 2 is 1.67 bits per heavy atom. The van der Waals surface area contributed by atoms with Gasteiger partial charge in [0.2, 0.25) is 0 Å². The van der Waals surface area contributed by atoms with Gasteiger partial charge in [-0.2, -0.15) is 5.10 Å². The molecule has 0 aromatic heterocycles. The number of hydrogen-bond acceptors (Lipinski definition) is 2. The predicted molar refractivity (Wildman–Crippen MR) is 239 cm³/mol. The molecule has 0 amide bonds. The first kappa shape index (κ1) is 40.2. The van der Waals surface area contributed by atoms with E-state index in [2.05, 4.69) is 184 Å². The van der Waals surface area contributed by atoms with Gasteiger partial charge in [0, 0.05) is 18.2 Å². The van der Waals surface area contributed by atoms with Crippen LogP contribution in [0.1, 0.15) is 97.9 Å². The number of amidine groups is 1. The molecular formula is C52H55N3. The van der Waals surface area contributed by atoms with Crippen LogP contribution in [0.4, 0.5) is 0 Å². The van der Waals surface area contributed by atoms with Crippen molar-refractivity contribution in [2.45, 2.75) is 72.8 Å². The number of fused-ring (bicyclic) bond motifs is 6. The van der Waals surface area contributed by atoms with E-state index in [9.17, 15) is 0 Å². The van der Waals surface area contributed by atoms with Crippen LogP contribution < -0.4 is 5.43 Å². The van der Waals surface area contributed by atoms with Crippen LogP contribution in [0.15, 0.2) is 155 Å². The molecule has 1 N–H and O–H groups in total. The standard InChI is InChI=1S/C34H33N3.C14H14.C2H6.C2H2/c1-4-10-25(5-2)27-13-9-14-30(20-27)34(37-35-3)36-23-24-15-18-32-31(19-24)21-29-17-16-28(22-33(29)32)26-11-7-6-8-12-26;1-10-6-7-14-12(8-10)9-11-4-2-3-5-13(11)14;2*1-2/h4-5,7,9-20,22H,3,6,8,21,23H2,1-2H3,(H,36,37);2-8,12,14H,9H2,1H3;1-2H3;1-2H/b10-4-,25-5+;;;. The van der Waals surface area contributed by atoms with Crippen LogP contribution in [0, 0.1) is 18.8 Å². The average molecular weight is 722 g/mol. The van der Waals surface area contributed by atoms with Crippen LogP contribution in [0.25, 0.3) is 22.3 Å². The monoisotopic (exact) mass is 721 g/mol. The van der Waals surface area contributed by atoms with Crippen molar-refractivity contribution < 1.29 is 0 Å². The number of nitrogens with zero attached hydrogens (tertiary/aromatic N) is 2. The second-order valence-electron chi connectivity index (χ2n) is 13.8. The molecule has 4 aromatic carbocycles. The summed E-state index contributed by atoms with van der Waals surface area (Å²) in [7, 11) is 0. The lowest BCUT2D eigenvalue weighted by molar-refractivity contribution is 0.625. The molecule has 8 rings (SSSR count). The maximum atomic E-state index is 4.90. The SMILES string of the molecule is C#C.C=NNC(=NCc1ccc2c(c1)Cc1ccc(C3=CCCC=C3)cc1-2)c1cccc(C(/C=C\C)=C/C)c1.CC.CC1=CC2Cc3ccccc3C2C=C1. The first-order valence-corrected chi connectivity index (χ1v) is 19.6. The van der Waals surface area contributed by atoms with E-state index < -0.39 is 0 Å². The Labute approximate surface area is 330 Å². The van der Waals surface area contributed by atoms with Crippen molar-refractivity contribution in [3.05, 3.63) is 190 Å². The predicted octanol–water partition coefficient (Wildman–Crippen LogP) is 12.9. The smallest absolute Gasteiger partial charge is 0.149 e. The minimum atomic E-state index is 0.569. The minimum absolute atomic E-state index is 0.569. The number of benzene rings is 4. The zero-order valence-corrected chi connectivity index (χ0v) is 33.2. The third kappa shape index (κ3) is 9.58. The van der Waals surface area contributed by atoms with Crippen LogP contribution >= 0.6 is 0 Å². The van der Waals surface area contributed by atoms with E-state index in [1.165, 1.54) is 67.6 Å². The van der Waals surface area contributed by atoms with Crippen molar-refractivity contribution >= 4 is 23.7 Å². The highest BCUT2D eigenvalue weighted by molar-refractivity contribution is 5.99. The Bertz CT molecular complexity index is 2210. The van der Waals surface area contributed by atoms with Gasteiger partial charge in [0.05, 0.1) is 6.54 Å². The zero-order chi connectivity index (χ0) is 39.2. The lowest BCUT2D eigenvalue weighted by Crippen LogP contribution is -2.19. The Morgan fingerprint density at radius 1 is 0.855 bits per heavy atom. The molecule has 0 aliphatic heterocycles. The van der Waals surface area contributed by atoms with Gasteiger partial charge in [-0.25, -0.2) is 0 Å². The molecule has 0 saturated carbocycles. The van der Waals surface area contributed by atoms with E-state index in [0.29, 0.717) is 12.5 Å². The molecule has 4 aromatic rings. The summed E-state index contributed by atoms with van der Waals surface area (Å²) in [4.78, 5) is 4.90. The Morgan fingerprint density at radius 3 is 2.44 bits per heavy atom. The summed E-state index contributed by atoms with van der Waals surface area (Å²) in [5.74, 6) is 2.09. The van der Waals surface area contributed by atoms with Gasteiger partial charge in [-0.15, -0.1) is 12.8 Å². The lowest BCUT2D eigenvalue weighted by Gasteiger charge is -2.17. The van der Waals surface area contributed by atoms with Gasteiger partial charge in [0.15, 0.2) is 0 Å². The molecule has 2 unspecified atom stereocenters.